The lowest BCUT2D eigenvalue weighted by Crippen LogP contribution is -2.34. The summed E-state index contributed by atoms with van der Waals surface area (Å²) in [6.07, 6.45) is 2.61. The van der Waals surface area contributed by atoms with Crippen LogP contribution in [0.2, 0.25) is 0 Å². The smallest absolute Gasteiger partial charge is 0.251 e. The van der Waals surface area contributed by atoms with Crippen LogP contribution in [-0.2, 0) is 6.42 Å². The van der Waals surface area contributed by atoms with E-state index in [9.17, 15) is 4.79 Å². The lowest BCUT2D eigenvalue weighted by atomic mass is 10.1. The van der Waals surface area contributed by atoms with Gasteiger partial charge in [-0.25, -0.2) is 4.98 Å². The number of hydrogen-bond acceptors (Lipinski definition) is 3. The maximum Gasteiger partial charge on any atom is 0.251 e. The van der Waals surface area contributed by atoms with Gasteiger partial charge in [-0.05, 0) is 48.0 Å². The van der Waals surface area contributed by atoms with Crippen LogP contribution in [0.5, 0.6) is 5.75 Å². The Bertz CT molecular complexity index is 1120. The van der Waals surface area contributed by atoms with E-state index in [1.54, 1.807) is 6.33 Å². The molecule has 0 bridgehead atoms. The van der Waals surface area contributed by atoms with Crippen LogP contribution in [-0.4, -0.2) is 28.1 Å². The minimum absolute atomic E-state index is 0.0158. The van der Waals surface area contributed by atoms with Crippen LogP contribution in [0, 0.1) is 0 Å². The van der Waals surface area contributed by atoms with E-state index in [4.69, 9.17) is 4.74 Å². The Morgan fingerprint density at radius 3 is 2.68 bits per heavy atom. The molecule has 1 N–H and O–H groups in total. The molecule has 1 unspecified atom stereocenters. The zero-order valence-electron chi connectivity index (χ0n) is 15.2. The minimum Gasteiger partial charge on any atom is -0.488 e. The molecule has 1 atom stereocenters. The predicted molar refractivity (Wildman–Crippen MR) is 108 cm³/mol. The number of imidazole rings is 1. The van der Waals surface area contributed by atoms with Gasteiger partial charge in [0.2, 0.25) is 0 Å². The molecule has 3 aromatic carbocycles. The quantitative estimate of drug-likeness (QED) is 0.596. The number of hydrogen-bond donors (Lipinski definition) is 1. The Labute approximate surface area is 162 Å². The maximum atomic E-state index is 12.5. The SMILES string of the molecule is O=C(NCC1Cc2ccccc2O1)c1ccc(-n2cnc3ccccc32)cc1. The number of nitrogens with zero attached hydrogens (tertiary/aromatic N) is 2. The first-order valence-corrected chi connectivity index (χ1v) is 9.33. The molecule has 0 saturated heterocycles. The predicted octanol–water partition coefficient (Wildman–Crippen LogP) is 3.76. The van der Waals surface area contributed by atoms with Crippen molar-refractivity contribution in [2.24, 2.45) is 0 Å². The highest BCUT2D eigenvalue weighted by atomic mass is 16.5. The normalized spacial score (nSPS) is 15.2. The molecule has 5 rings (SSSR count). The van der Waals surface area contributed by atoms with Crippen LogP contribution in [0.25, 0.3) is 16.7 Å². The molecule has 1 aliphatic rings. The number of amides is 1. The Morgan fingerprint density at radius 2 is 1.82 bits per heavy atom. The standard InChI is InChI=1S/C23H19N3O2/c27-23(24-14-19-13-17-5-1-4-8-22(17)28-19)16-9-11-18(12-10-16)26-15-25-20-6-2-3-7-21(20)26/h1-12,15,19H,13-14H2,(H,24,27). The fraction of sp³-hybridized carbons (Fsp3) is 0.130. The summed E-state index contributed by atoms with van der Waals surface area (Å²) in [4.78, 5) is 16.9. The van der Waals surface area contributed by atoms with Crippen molar-refractivity contribution in [1.29, 1.82) is 0 Å². The van der Waals surface area contributed by atoms with Crippen LogP contribution in [0.3, 0.4) is 0 Å². The van der Waals surface area contributed by atoms with Gasteiger partial charge in [-0.1, -0.05) is 30.3 Å². The Kier molecular flexibility index (Phi) is 4.05. The monoisotopic (exact) mass is 369 g/mol. The van der Waals surface area contributed by atoms with Gasteiger partial charge in [0.05, 0.1) is 17.6 Å². The number of para-hydroxylation sites is 3. The third kappa shape index (κ3) is 3.01. The number of carbonyl (C=O) groups excluding carboxylic acids is 1. The largest absolute Gasteiger partial charge is 0.488 e. The fourth-order valence-corrected chi connectivity index (χ4v) is 3.61. The van der Waals surface area contributed by atoms with Crippen LogP contribution in [0.15, 0.2) is 79.1 Å². The third-order valence-electron chi connectivity index (χ3n) is 5.07. The lowest BCUT2D eigenvalue weighted by Gasteiger charge is -2.12. The molecule has 138 valence electrons. The van der Waals surface area contributed by atoms with E-state index in [-0.39, 0.29) is 12.0 Å². The number of ether oxygens (including phenoxy) is 1. The van der Waals surface area contributed by atoms with Crippen LogP contribution in [0.4, 0.5) is 0 Å². The van der Waals surface area contributed by atoms with Crippen molar-refractivity contribution in [2.45, 2.75) is 12.5 Å². The Morgan fingerprint density at radius 1 is 1.04 bits per heavy atom. The fourth-order valence-electron chi connectivity index (χ4n) is 3.61. The molecule has 5 nitrogen and oxygen atoms in total. The van der Waals surface area contributed by atoms with Crippen molar-refractivity contribution >= 4 is 16.9 Å². The number of aromatic nitrogens is 2. The van der Waals surface area contributed by atoms with E-state index in [0.29, 0.717) is 12.1 Å². The molecule has 1 amide bonds. The molecule has 0 saturated carbocycles. The van der Waals surface area contributed by atoms with Gasteiger partial charge in [0.1, 0.15) is 18.2 Å². The summed E-state index contributed by atoms with van der Waals surface area (Å²) in [5.74, 6) is 0.820. The van der Waals surface area contributed by atoms with Gasteiger partial charge in [-0.3, -0.25) is 9.36 Å². The minimum atomic E-state index is -0.0957. The van der Waals surface area contributed by atoms with Crippen molar-refractivity contribution in [3.8, 4) is 11.4 Å². The molecule has 0 radical (unpaired) electrons. The lowest BCUT2D eigenvalue weighted by molar-refractivity contribution is 0.0933. The van der Waals surface area contributed by atoms with Gasteiger partial charge in [-0.2, -0.15) is 0 Å². The maximum absolute atomic E-state index is 12.5. The Hall–Kier alpha value is -3.60. The van der Waals surface area contributed by atoms with E-state index in [1.807, 2.05) is 71.3 Å². The van der Waals surface area contributed by atoms with E-state index in [1.165, 1.54) is 5.56 Å². The van der Waals surface area contributed by atoms with Crippen molar-refractivity contribution in [2.75, 3.05) is 6.54 Å². The molecular weight excluding hydrogens is 350 g/mol. The highest BCUT2D eigenvalue weighted by Gasteiger charge is 2.22. The molecule has 5 heteroatoms. The van der Waals surface area contributed by atoms with Gasteiger partial charge in [0.25, 0.3) is 5.91 Å². The first-order valence-electron chi connectivity index (χ1n) is 9.33. The first-order chi connectivity index (χ1) is 13.8. The zero-order chi connectivity index (χ0) is 18.9. The van der Waals surface area contributed by atoms with E-state index in [0.717, 1.165) is 28.9 Å². The first kappa shape index (κ1) is 16.6. The topological polar surface area (TPSA) is 56.1 Å². The van der Waals surface area contributed by atoms with Crippen LogP contribution in [0.1, 0.15) is 15.9 Å². The number of carbonyl (C=O) groups is 1. The molecule has 2 heterocycles. The molecule has 28 heavy (non-hydrogen) atoms. The molecular formula is C23H19N3O2. The molecule has 0 spiro atoms. The zero-order valence-corrected chi connectivity index (χ0v) is 15.2. The number of rotatable bonds is 4. The number of benzene rings is 3. The third-order valence-corrected chi connectivity index (χ3v) is 5.07. The summed E-state index contributed by atoms with van der Waals surface area (Å²) in [5.41, 5.74) is 4.78. The molecule has 1 aliphatic heterocycles. The van der Waals surface area contributed by atoms with Crippen molar-refractivity contribution in [1.82, 2.24) is 14.9 Å². The van der Waals surface area contributed by atoms with Gasteiger partial charge in [0, 0.05) is 17.7 Å². The number of nitrogens with one attached hydrogen (secondary N) is 1. The van der Waals surface area contributed by atoms with Gasteiger partial charge < -0.3 is 10.1 Å². The van der Waals surface area contributed by atoms with E-state index < -0.39 is 0 Å². The average Bonchev–Trinajstić information content (AvgIpc) is 3.36. The van der Waals surface area contributed by atoms with Gasteiger partial charge in [-0.15, -0.1) is 0 Å². The van der Waals surface area contributed by atoms with E-state index in [2.05, 4.69) is 16.4 Å². The highest BCUT2D eigenvalue weighted by molar-refractivity contribution is 5.94. The second-order valence-corrected chi connectivity index (χ2v) is 6.91. The summed E-state index contributed by atoms with van der Waals surface area (Å²) in [5, 5.41) is 2.98. The average molecular weight is 369 g/mol. The van der Waals surface area contributed by atoms with E-state index >= 15 is 0 Å². The van der Waals surface area contributed by atoms with Crippen LogP contribution < -0.4 is 10.1 Å². The molecule has 0 fully saturated rings. The summed E-state index contributed by atoms with van der Waals surface area (Å²) >= 11 is 0. The summed E-state index contributed by atoms with van der Waals surface area (Å²) in [7, 11) is 0. The van der Waals surface area contributed by atoms with Gasteiger partial charge >= 0.3 is 0 Å². The second-order valence-electron chi connectivity index (χ2n) is 6.91. The summed E-state index contributed by atoms with van der Waals surface area (Å²) in [6, 6.07) is 23.5. The number of fused-ring (bicyclic) bond motifs is 2. The Balaban J connectivity index is 1.25. The summed E-state index contributed by atoms with van der Waals surface area (Å²) < 4.78 is 7.89. The molecule has 0 aliphatic carbocycles. The van der Waals surface area contributed by atoms with Crippen LogP contribution >= 0.6 is 0 Å². The van der Waals surface area contributed by atoms with Crippen molar-refractivity contribution < 1.29 is 9.53 Å². The molecule has 4 aromatic rings. The second kappa shape index (κ2) is 6.85. The van der Waals surface area contributed by atoms with Crippen molar-refractivity contribution in [3.05, 3.63) is 90.3 Å². The summed E-state index contributed by atoms with van der Waals surface area (Å²) in [6.45, 7) is 0.488. The van der Waals surface area contributed by atoms with Crippen molar-refractivity contribution in [3.63, 3.8) is 0 Å². The highest BCUT2D eigenvalue weighted by Crippen LogP contribution is 2.27. The molecule has 1 aromatic heterocycles. The van der Waals surface area contributed by atoms with Gasteiger partial charge in [0.15, 0.2) is 0 Å².